The van der Waals surface area contributed by atoms with Crippen molar-refractivity contribution in [2.75, 3.05) is 11.9 Å². The number of hydrogen-bond donors (Lipinski definition) is 1. The molecule has 1 unspecified atom stereocenters. The second-order valence-corrected chi connectivity index (χ2v) is 4.47. The highest BCUT2D eigenvalue weighted by molar-refractivity contribution is 5.49. The molecule has 0 aliphatic heterocycles. The highest BCUT2D eigenvalue weighted by Crippen LogP contribution is 2.31. The monoisotopic (exact) mass is 263 g/mol. The molecule has 0 aliphatic carbocycles. The average Bonchev–Trinajstić information content (AvgIpc) is 2.40. The molecule has 0 radical (unpaired) electrons. The third kappa shape index (κ3) is 2.84. The van der Waals surface area contributed by atoms with Crippen LogP contribution in [-0.4, -0.2) is 12.2 Å². The molecule has 0 heterocycles. The van der Waals surface area contributed by atoms with Gasteiger partial charge in [-0.1, -0.05) is 6.07 Å². The lowest BCUT2D eigenvalue weighted by Gasteiger charge is -2.28. The average molecular weight is 263 g/mol. The van der Waals surface area contributed by atoms with Crippen molar-refractivity contribution >= 4 is 5.69 Å². The van der Waals surface area contributed by atoms with Gasteiger partial charge in [0.1, 0.15) is 17.4 Å². The molecule has 2 aromatic carbocycles. The normalized spacial score (nSPS) is 12.2. The van der Waals surface area contributed by atoms with E-state index in [1.54, 1.807) is 24.1 Å². The molecule has 1 N–H and O–H groups in total. The van der Waals surface area contributed by atoms with Gasteiger partial charge in [0, 0.05) is 18.3 Å². The second-order valence-electron chi connectivity index (χ2n) is 4.47. The van der Waals surface area contributed by atoms with Crippen molar-refractivity contribution in [3.05, 3.63) is 59.7 Å². The van der Waals surface area contributed by atoms with Crippen LogP contribution in [0.5, 0.6) is 5.75 Å². The summed E-state index contributed by atoms with van der Waals surface area (Å²) in [6.45, 7) is 1.82. The summed E-state index contributed by atoms with van der Waals surface area (Å²) in [7, 11) is 1.77. The number of halogens is 2. The van der Waals surface area contributed by atoms with E-state index in [0.717, 1.165) is 0 Å². The SMILES string of the molecule is CC(c1cc(F)ccc1O)N(C)c1cccc(F)c1. The van der Waals surface area contributed by atoms with Gasteiger partial charge in [0.05, 0.1) is 6.04 Å². The van der Waals surface area contributed by atoms with E-state index in [2.05, 4.69) is 0 Å². The van der Waals surface area contributed by atoms with E-state index < -0.39 is 5.82 Å². The molecular weight excluding hydrogens is 248 g/mol. The van der Waals surface area contributed by atoms with Gasteiger partial charge in [0.15, 0.2) is 0 Å². The Kier molecular flexibility index (Phi) is 3.69. The van der Waals surface area contributed by atoms with E-state index in [0.29, 0.717) is 11.3 Å². The minimum atomic E-state index is -0.410. The first-order valence-corrected chi connectivity index (χ1v) is 5.96. The van der Waals surface area contributed by atoms with E-state index in [9.17, 15) is 13.9 Å². The molecule has 0 saturated carbocycles. The van der Waals surface area contributed by atoms with Crippen LogP contribution in [0.1, 0.15) is 18.5 Å². The fraction of sp³-hybridized carbons (Fsp3) is 0.200. The van der Waals surface area contributed by atoms with Crippen LogP contribution in [0.4, 0.5) is 14.5 Å². The minimum absolute atomic E-state index is 0.0251. The van der Waals surface area contributed by atoms with E-state index >= 15 is 0 Å². The summed E-state index contributed by atoms with van der Waals surface area (Å²) >= 11 is 0. The molecule has 2 rings (SSSR count). The van der Waals surface area contributed by atoms with Crippen molar-refractivity contribution in [2.24, 2.45) is 0 Å². The van der Waals surface area contributed by atoms with Crippen LogP contribution >= 0.6 is 0 Å². The van der Waals surface area contributed by atoms with Crippen molar-refractivity contribution in [3.63, 3.8) is 0 Å². The predicted octanol–water partition coefficient (Wildman–Crippen LogP) is 3.87. The lowest BCUT2D eigenvalue weighted by molar-refractivity contribution is 0.459. The van der Waals surface area contributed by atoms with E-state index in [-0.39, 0.29) is 17.6 Å². The summed E-state index contributed by atoms with van der Waals surface area (Å²) < 4.78 is 26.4. The molecule has 0 saturated heterocycles. The first-order valence-electron chi connectivity index (χ1n) is 5.96. The summed E-state index contributed by atoms with van der Waals surface area (Å²) in [5, 5.41) is 9.79. The Bertz CT molecular complexity index is 586. The van der Waals surface area contributed by atoms with Crippen LogP contribution < -0.4 is 4.90 Å². The lowest BCUT2D eigenvalue weighted by Crippen LogP contribution is -2.21. The molecule has 0 aromatic heterocycles. The smallest absolute Gasteiger partial charge is 0.125 e. The van der Waals surface area contributed by atoms with Crippen LogP contribution in [0.2, 0.25) is 0 Å². The van der Waals surface area contributed by atoms with E-state index in [1.807, 2.05) is 6.92 Å². The van der Waals surface area contributed by atoms with Crippen LogP contribution in [0.3, 0.4) is 0 Å². The number of hydrogen-bond acceptors (Lipinski definition) is 2. The van der Waals surface area contributed by atoms with Crippen molar-refractivity contribution in [3.8, 4) is 5.75 Å². The molecule has 0 aliphatic rings. The predicted molar refractivity (Wildman–Crippen MR) is 71.3 cm³/mol. The summed E-state index contributed by atoms with van der Waals surface area (Å²) in [6, 6.07) is 9.66. The number of aromatic hydroxyl groups is 1. The summed E-state index contributed by atoms with van der Waals surface area (Å²) in [4.78, 5) is 1.78. The highest BCUT2D eigenvalue weighted by atomic mass is 19.1. The minimum Gasteiger partial charge on any atom is -0.508 e. The molecule has 2 aromatic rings. The number of nitrogens with zero attached hydrogens (tertiary/aromatic N) is 1. The molecule has 0 amide bonds. The maximum Gasteiger partial charge on any atom is 0.125 e. The Morgan fingerprint density at radius 3 is 2.42 bits per heavy atom. The van der Waals surface area contributed by atoms with Crippen LogP contribution in [0.25, 0.3) is 0 Å². The summed E-state index contributed by atoms with van der Waals surface area (Å²) in [5.74, 6) is -0.718. The maximum absolute atomic E-state index is 13.2. The fourth-order valence-electron chi connectivity index (χ4n) is 1.99. The Balaban J connectivity index is 2.33. The molecule has 19 heavy (non-hydrogen) atoms. The van der Waals surface area contributed by atoms with Crippen molar-refractivity contribution in [1.82, 2.24) is 0 Å². The standard InChI is InChI=1S/C15H15F2NO/c1-10(14-9-12(17)6-7-15(14)19)18(2)13-5-3-4-11(16)8-13/h3-10,19H,1-2H3. The number of benzene rings is 2. The number of phenols is 1. The van der Waals surface area contributed by atoms with Crippen molar-refractivity contribution < 1.29 is 13.9 Å². The van der Waals surface area contributed by atoms with Crippen molar-refractivity contribution in [1.29, 1.82) is 0 Å². The highest BCUT2D eigenvalue weighted by Gasteiger charge is 2.17. The zero-order valence-corrected chi connectivity index (χ0v) is 10.8. The largest absolute Gasteiger partial charge is 0.508 e. The molecule has 4 heteroatoms. The third-order valence-corrected chi connectivity index (χ3v) is 3.24. The van der Waals surface area contributed by atoms with Gasteiger partial charge in [-0.3, -0.25) is 0 Å². The van der Waals surface area contributed by atoms with Crippen LogP contribution in [-0.2, 0) is 0 Å². The molecule has 0 bridgehead atoms. The molecule has 100 valence electrons. The topological polar surface area (TPSA) is 23.5 Å². The van der Waals surface area contributed by atoms with Gasteiger partial charge in [-0.05, 0) is 43.3 Å². The Hall–Kier alpha value is -2.10. The Morgan fingerprint density at radius 1 is 1.05 bits per heavy atom. The number of rotatable bonds is 3. The van der Waals surface area contributed by atoms with Crippen LogP contribution in [0.15, 0.2) is 42.5 Å². The first kappa shape index (κ1) is 13.3. The van der Waals surface area contributed by atoms with E-state index in [4.69, 9.17) is 0 Å². The zero-order valence-electron chi connectivity index (χ0n) is 10.8. The second kappa shape index (κ2) is 5.26. The van der Waals surface area contributed by atoms with Gasteiger partial charge >= 0.3 is 0 Å². The zero-order chi connectivity index (χ0) is 14.0. The van der Waals surface area contributed by atoms with E-state index in [1.165, 1.54) is 30.3 Å². The van der Waals surface area contributed by atoms with Gasteiger partial charge in [0.25, 0.3) is 0 Å². The van der Waals surface area contributed by atoms with Gasteiger partial charge in [-0.25, -0.2) is 8.78 Å². The maximum atomic E-state index is 13.2. The van der Waals surface area contributed by atoms with Gasteiger partial charge in [-0.2, -0.15) is 0 Å². The fourth-order valence-corrected chi connectivity index (χ4v) is 1.99. The molecule has 0 fully saturated rings. The van der Waals surface area contributed by atoms with Crippen LogP contribution in [0, 0.1) is 11.6 Å². The number of phenolic OH excluding ortho intramolecular Hbond substituents is 1. The summed E-state index contributed by atoms with van der Waals surface area (Å²) in [6.07, 6.45) is 0. The first-order chi connectivity index (χ1) is 8.99. The lowest BCUT2D eigenvalue weighted by atomic mass is 10.1. The molecule has 2 nitrogen and oxygen atoms in total. The molecule has 1 atom stereocenters. The van der Waals surface area contributed by atoms with Gasteiger partial charge in [0.2, 0.25) is 0 Å². The Labute approximate surface area is 110 Å². The Morgan fingerprint density at radius 2 is 1.74 bits per heavy atom. The summed E-state index contributed by atoms with van der Waals surface area (Å²) in [5.41, 5.74) is 1.13. The number of anilines is 1. The quantitative estimate of drug-likeness (QED) is 0.908. The third-order valence-electron chi connectivity index (χ3n) is 3.24. The van der Waals surface area contributed by atoms with Gasteiger partial charge < -0.3 is 10.0 Å². The molecule has 0 spiro atoms. The molecular formula is C15H15F2NO. The van der Waals surface area contributed by atoms with Crippen molar-refractivity contribution in [2.45, 2.75) is 13.0 Å². The van der Waals surface area contributed by atoms with Gasteiger partial charge in [-0.15, -0.1) is 0 Å².